The molecule has 0 aliphatic rings. The number of aryl methyl sites for hydroxylation is 2. The Labute approximate surface area is 177 Å². The molecule has 5 aromatic rings. The standard InChI is InChI=1S/C23H19N5OS/c1-3-28-22-18(13-24-28)17(12-20(27-22)15-7-5-4-6-8-15)23(29)26-16-9-10-19-21(11-16)30-14(2)25-19/h4-13H,3H2,1-2H3,(H,26,29). The van der Waals surface area contributed by atoms with Gasteiger partial charge in [-0.2, -0.15) is 5.10 Å². The van der Waals surface area contributed by atoms with E-state index in [2.05, 4.69) is 15.4 Å². The van der Waals surface area contributed by atoms with Crippen LogP contribution in [0.3, 0.4) is 0 Å². The van der Waals surface area contributed by atoms with Gasteiger partial charge in [0.2, 0.25) is 0 Å². The number of anilines is 1. The van der Waals surface area contributed by atoms with Crippen molar-refractivity contribution in [3.05, 3.63) is 71.4 Å². The fourth-order valence-corrected chi connectivity index (χ4v) is 4.41. The molecule has 0 saturated carbocycles. The van der Waals surface area contributed by atoms with Crippen LogP contribution in [0, 0.1) is 6.92 Å². The maximum absolute atomic E-state index is 13.3. The van der Waals surface area contributed by atoms with Crippen LogP contribution >= 0.6 is 11.3 Å². The third kappa shape index (κ3) is 3.23. The van der Waals surface area contributed by atoms with E-state index in [1.165, 1.54) is 0 Å². The van der Waals surface area contributed by atoms with Crippen LogP contribution in [-0.4, -0.2) is 25.7 Å². The molecular formula is C23H19N5OS. The van der Waals surface area contributed by atoms with Gasteiger partial charge in [-0.05, 0) is 38.1 Å². The summed E-state index contributed by atoms with van der Waals surface area (Å²) >= 11 is 1.61. The van der Waals surface area contributed by atoms with E-state index in [-0.39, 0.29) is 5.91 Å². The second kappa shape index (κ2) is 7.35. The number of aromatic nitrogens is 4. The predicted octanol–water partition coefficient (Wildman–Crippen LogP) is 5.29. The molecule has 0 spiro atoms. The second-order valence-corrected chi connectivity index (χ2v) is 8.22. The molecule has 3 aromatic heterocycles. The molecule has 0 saturated heterocycles. The third-order valence-corrected chi connectivity index (χ3v) is 5.91. The molecule has 30 heavy (non-hydrogen) atoms. The summed E-state index contributed by atoms with van der Waals surface area (Å²) in [6.07, 6.45) is 1.71. The van der Waals surface area contributed by atoms with Gasteiger partial charge in [-0.15, -0.1) is 11.3 Å². The van der Waals surface area contributed by atoms with Gasteiger partial charge in [0.05, 0.1) is 38.1 Å². The number of rotatable bonds is 4. The smallest absolute Gasteiger partial charge is 0.256 e. The lowest BCUT2D eigenvalue weighted by molar-refractivity contribution is 0.102. The molecular weight excluding hydrogens is 394 g/mol. The number of amides is 1. The Balaban J connectivity index is 1.59. The molecule has 0 atom stereocenters. The van der Waals surface area contributed by atoms with Crippen molar-refractivity contribution in [1.29, 1.82) is 0 Å². The zero-order valence-corrected chi connectivity index (χ0v) is 17.4. The van der Waals surface area contributed by atoms with E-state index >= 15 is 0 Å². The average Bonchev–Trinajstić information content (AvgIpc) is 3.35. The van der Waals surface area contributed by atoms with Crippen LogP contribution in [0.25, 0.3) is 32.5 Å². The van der Waals surface area contributed by atoms with E-state index in [1.807, 2.05) is 73.1 Å². The van der Waals surface area contributed by atoms with Crippen LogP contribution < -0.4 is 5.32 Å². The number of carbonyl (C=O) groups excluding carboxylic acids is 1. The Morgan fingerprint density at radius 3 is 2.73 bits per heavy atom. The molecule has 7 heteroatoms. The Morgan fingerprint density at radius 2 is 1.93 bits per heavy atom. The van der Waals surface area contributed by atoms with Crippen LogP contribution in [0.1, 0.15) is 22.3 Å². The molecule has 3 heterocycles. The van der Waals surface area contributed by atoms with Crippen molar-refractivity contribution in [2.24, 2.45) is 0 Å². The van der Waals surface area contributed by atoms with Crippen molar-refractivity contribution in [3.63, 3.8) is 0 Å². The quantitative estimate of drug-likeness (QED) is 0.435. The van der Waals surface area contributed by atoms with Crippen LogP contribution in [-0.2, 0) is 6.54 Å². The number of carbonyl (C=O) groups is 1. The summed E-state index contributed by atoms with van der Waals surface area (Å²) in [6, 6.07) is 17.5. The van der Waals surface area contributed by atoms with Crippen molar-refractivity contribution < 1.29 is 4.79 Å². The van der Waals surface area contributed by atoms with Crippen LogP contribution in [0.5, 0.6) is 0 Å². The molecule has 0 bridgehead atoms. The van der Waals surface area contributed by atoms with Crippen LogP contribution in [0.4, 0.5) is 5.69 Å². The maximum atomic E-state index is 13.3. The molecule has 0 unspecified atom stereocenters. The van der Waals surface area contributed by atoms with E-state index in [9.17, 15) is 4.79 Å². The fraction of sp³-hybridized carbons (Fsp3) is 0.130. The Bertz CT molecular complexity index is 1390. The summed E-state index contributed by atoms with van der Waals surface area (Å²) in [4.78, 5) is 22.5. The maximum Gasteiger partial charge on any atom is 0.256 e. The van der Waals surface area contributed by atoms with E-state index in [4.69, 9.17) is 4.98 Å². The molecule has 0 radical (unpaired) electrons. The van der Waals surface area contributed by atoms with E-state index in [0.717, 1.165) is 37.6 Å². The predicted molar refractivity (Wildman–Crippen MR) is 121 cm³/mol. The third-order valence-electron chi connectivity index (χ3n) is 4.98. The lowest BCUT2D eigenvalue weighted by Crippen LogP contribution is -2.13. The summed E-state index contributed by atoms with van der Waals surface area (Å²) in [5.41, 5.74) is 4.65. The van der Waals surface area contributed by atoms with Gasteiger partial charge < -0.3 is 5.32 Å². The molecule has 148 valence electrons. The van der Waals surface area contributed by atoms with Gasteiger partial charge in [-0.25, -0.2) is 14.6 Å². The highest BCUT2D eigenvalue weighted by Crippen LogP contribution is 2.28. The highest BCUT2D eigenvalue weighted by atomic mass is 32.1. The summed E-state index contributed by atoms with van der Waals surface area (Å²) in [7, 11) is 0. The number of hydrogen-bond acceptors (Lipinski definition) is 5. The van der Waals surface area contributed by atoms with Gasteiger partial charge in [0.15, 0.2) is 5.65 Å². The Kier molecular flexibility index (Phi) is 4.52. The number of nitrogens with zero attached hydrogens (tertiary/aromatic N) is 4. The highest BCUT2D eigenvalue weighted by molar-refractivity contribution is 7.18. The lowest BCUT2D eigenvalue weighted by Gasteiger charge is -2.09. The topological polar surface area (TPSA) is 72.7 Å². The highest BCUT2D eigenvalue weighted by Gasteiger charge is 2.17. The molecule has 0 fully saturated rings. The van der Waals surface area contributed by atoms with Crippen molar-refractivity contribution in [2.45, 2.75) is 20.4 Å². The SMILES string of the molecule is CCn1ncc2c(C(=O)Nc3ccc4nc(C)sc4c3)cc(-c3ccccc3)nc21. The first-order valence-electron chi connectivity index (χ1n) is 9.73. The number of hydrogen-bond donors (Lipinski definition) is 1. The summed E-state index contributed by atoms with van der Waals surface area (Å²) in [5.74, 6) is -0.184. The molecule has 6 nitrogen and oxygen atoms in total. The number of pyridine rings is 1. The molecule has 1 amide bonds. The van der Waals surface area contributed by atoms with Crippen LogP contribution in [0.15, 0.2) is 60.8 Å². The van der Waals surface area contributed by atoms with Gasteiger partial charge in [-0.3, -0.25) is 4.79 Å². The molecule has 0 aliphatic heterocycles. The first kappa shape index (κ1) is 18.4. The zero-order valence-electron chi connectivity index (χ0n) is 16.6. The molecule has 5 rings (SSSR count). The van der Waals surface area contributed by atoms with E-state index in [1.54, 1.807) is 17.5 Å². The molecule has 1 N–H and O–H groups in total. The minimum absolute atomic E-state index is 0.184. The van der Waals surface area contributed by atoms with Crippen molar-refractivity contribution >= 4 is 44.2 Å². The van der Waals surface area contributed by atoms with Gasteiger partial charge in [0.1, 0.15) is 0 Å². The largest absolute Gasteiger partial charge is 0.322 e. The van der Waals surface area contributed by atoms with Crippen molar-refractivity contribution in [3.8, 4) is 11.3 Å². The monoisotopic (exact) mass is 413 g/mol. The number of fused-ring (bicyclic) bond motifs is 2. The lowest BCUT2D eigenvalue weighted by atomic mass is 10.1. The zero-order chi connectivity index (χ0) is 20.7. The summed E-state index contributed by atoms with van der Waals surface area (Å²) < 4.78 is 2.86. The summed E-state index contributed by atoms with van der Waals surface area (Å²) in [6.45, 7) is 4.67. The normalized spacial score (nSPS) is 11.3. The molecule has 0 aliphatic carbocycles. The van der Waals surface area contributed by atoms with Crippen molar-refractivity contribution in [2.75, 3.05) is 5.32 Å². The van der Waals surface area contributed by atoms with Gasteiger partial charge in [-0.1, -0.05) is 30.3 Å². The first-order valence-corrected chi connectivity index (χ1v) is 10.5. The van der Waals surface area contributed by atoms with E-state index in [0.29, 0.717) is 17.8 Å². The van der Waals surface area contributed by atoms with Crippen molar-refractivity contribution in [1.82, 2.24) is 19.7 Å². The Morgan fingerprint density at radius 1 is 1.10 bits per heavy atom. The van der Waals surface area contributed by atoms with Gasteiger partial charge >= 0.3 is 0 Å². The number of nitrogens with one attached hydrogen (secondary N) is 1. The fourth-order valence-electron chi connectivity index (χ4n) is 3.54. The average molecular weight is 414 g/mol. The minimum atomic E-state index is -0.184. The van der Waals surface area contributed by atoms with E-state index < -0.39 is 0 Å². The van der Waals surface area contributed by atoms with Gasteiger partial charge in [0.25, 0.3) is 5.91 Å². The first-order chi connectivity index (χ1) is 14.6. The Hall–Kier alpha value is -3.58. The minimum Gasteiger partial charge on any atom is -0.322 e. The van der Waals surface area contributed by atoms with Crippen LogP contribution in [0.2, 0.25) is 0 Å². The second-order valence-electron chi connectivity index (χ2n) is 6.99. The summed E-state index contributed by atoms with van der Waals surface area (Å²) in [5, 5.41) is 9.19. The number of thiazole rings is 1. The molecule has 2 aromatic carbocycles. The number of benzene rings is 2. The van der Waals surface area contributed by atoms with Gasteiger partial charge in [0, 0.05) is 17.8 Å².